The van der Waals surface area contributed by atoms with Crippen LogP contribution in [-0.4, -0.2) is 67.0 Å². The molecule has 0 aromatic rings. The van der Waals surface area contributed by atoms with Gasteiger partial charge in [-0.2, -0.15) is 11.8 Å². The number of thioether (sulfide) groups is 1. The fourth-order valence-corrected chi connectivity index (χ4v) is 2.62. The quantitative estimate of drug-likeness (QED) is 0.730. The monoisotopic (exact) mass is 231 g/mol. The molecule has 0 aliphatic carbocycles. The summed E-state index contributed by atoms with van der Waals surface area (Å²) >= 11 is 1.97. The van der Waals surface area contributed by atoms with Gasteiger partial charge in [-0.1, -0.05) is 0 Å². The molecule has 0 aromatic carbocycles. The van der Waals surface area contributed by atoms with E-state index < -0.39 is 0 Å². The highest BCUT2D eigenvalue weighted by Crippen LogP contribution is 2.14. The minimum atomic E-state index is 0.170. The van der Waals surface area contributed by atoms with Crippen LogP contribution in [-0.2, 0) is 4.79 Å². The van der Waals surface area contributed by atoms with Gasteiger partial charge < -0.3 is 10.6 Å². The second kappa shape index (κ2) is 6.35. The van der Waals surface area contributed by atoms with E-state index in [4.69, 9.17) is 5.73 Å². The van der Waals surface area contributed by atoms with Crippen molar-refractivity contribution in [2.24, 2.45) is 5.73 Å². The van der Waals surface area contributed by atoms with Gasteiger partial charge >= 0.3 is 0 Å². The Morgan fingerprint density at radius 2 is 2.07 bits per heavy atom. The number of nitrogens with two attached hydrogens (primary N) is 1. The van der Waals surface area contributed by atoms with E-state index in [2.05, 4.69) is 4.90 Å². The number of rotatable bonds is 4. The molecule has 88 valence electrons. The first-order chi connectivity index (χ1) is 7.15. The molecule has 1 rings (SSSR count). The molecular weight excluding hydrogens is 210 g/mol. The molecule has 1 unspecified atom stereocenters. The SMILES string of the molecule is CN(C)C(=O)CC(CN)N1CCSCC1. The van der Waals surface area contributed by atoms with E-state index in [0.717, 1.165) is 24.6 Å². The number of hydrogen-bond acceptors (Lipinski definition) is 4. The van der Waals surface area contributed by atoms with E-state index in [1.807, 2.05) is 11.8 Å². The molecule has 15 heavy (non-hydrogen) atoms. The van der Waals surface area contributed by atoms with Crippen LogP contribution in [0.4, 0.5) is 0 Å². The van der Waals surface area contributed by atoms with Gasteiger partial charge in [0.15, 0.2) is 0 Å². The first-order valence-corrected chi connectivity index (χ1v) is 6.52. The van der Waals surface area contributed by atoms with Crippen molar-refractivity contribution in [3.05, 3.63) is 0 Å². The third-order valence-corrected chi connectivity index (χ3v) is 3.69. The first kappa shape index (κ1) is 12.8. The Bertz CT molecular complexity index is 205. The number of nitrogens with zero attached hydrogens (tertiary/aromatic N) is 2. The molecule has 0 radical (unpaired) electrons. The highest BCUT2D eigenvalue weighted by molar-refractivity contribution is 7.99. The Hall–Kier alpha value is -0.260. The number of carbonyl (C=O) groups excluding carboxylic acids is 1. The standard InChI is InChI=1S/C10H21N3OS/c1-12(2)10(14)7-9(8-11)13-3-5-15-6-4-13/h9H,3-8,11H2,1-2H3. The summed E-state index contributed by atoms with van der Waals surface area (Å²) < 4.78 is 0. The van der Waals surface area contributed by atoms with Crippen LogP contribution < -0.4 is 5.73 Å². The summed E-state index contributed by atoms with van der Waals surface area (Å²) in [6.45, 7) is 2.70. The van der Waals surface area contributed by atoms with Gasteiger partial charge in [-0.05, 0) is 0 Å². The molecule has 1 aliphatic rings. The maximum absolute atomic E-state index is 11.6. The van der Waals surface area contributed by atoms with Crippen molar-refractivity contribution >= 4 is 17.7 Å². The summed E-state index contributed by atoms with van der Waals surface area (Å²) in [6.07, 6.45) is 0.550. The molecule has 1 aliphatic heterocycles. The van der Waals surface area contributed by atoms with Gasteiger partial charge in [-0.3, -0.25) is 9.69 Å². The van der Waals surface area contributed by atoms with Crippen molar-refractivity contribution in [1.82, 2.24) is 9.80 Å². The molecule has 0 saturated carbocycles. The van der Waals surface area contributed by atoms with E-state index in [-0.39, 0.29) is 11.9 Å². The molecule has 5 heteroatoms. The average molecular weight is 231 g/mol. The van der Waals surface area contributed by atoms with Gasteiger partial charge in [0, 0.05) is 57.7 Å². The molecule has 0 aromatic heterocycles. The molecule has 4 nitrogen and oxygen atoms in total. The fraction of sp³-hybridized carbons (Fsp3) is 0.900. The second-order valence-electron chi connectivity index (χ2n) is 4.03. The lowest BCUT2D eigenvalue weighted by Crippen LogP contribution is -2.47. The maximum Gasteiger partial charge on any atom is 0.223 e. The van der Waals surface area contributed by atoms with Crippen LogP contribution in [0.1, 0.15) is 6.42 Å². The van der Waals surface area contributed by atoms with Gasteiger partial charge in [0.1, 0.15) is 0 Å². The van der Waals surface area contributed by atoms with E-state index >= 15 is 0 Å². The van der Waals surface area contributed by atoms with Crippen LogP contribution in [0, 0.1) is 0 Å². The number of amides is 1. The second-order valence-corrected chi connectivity index (χ2v) is 5.25. The summed E-state index contributed by atoms with van der Waals surface area (Å²) in [5.41, 5.74) is 5.73. The van der Waals surface area contributed by atoms with Crippen LogP contribution in [0.25, 0.3) is 0 Å². The summed E-state index contributed by atoms with van der Waals surface area (Å²) in [7, 11) is 3.59. The van der Waals surface area contributed by atoms with Crippen molar-refractivity contribution in [2.75, 3.05) is 45.2 Å². The molecule has 1 fully saturated rings. The zero-order valence-electron chi connectivity index (χ0n) is 9.61. The lowest BCUT2D eigenvalue weighted by atomic mass is 10.1. The Morgan fingerprint density at radius 1 is 1.47 bits per heavy atom. The zero-order valence-corrected chi connectivity index (χ0v) is 10.4. The van der Waals surface area contributed by atoms with Crippen molar-refractivity contribution in [3.8, 4) is 0 Å². The molecule has 1 heterocycles. The Kier molecular flexibility index (Phi) is 5.42. The van der Waals surface area contributed by atoms with Crippen molar-refractivity contribution in [3.63, 3.8) is 0 Å². The lowest BCUT2D eigenvalue weighted by molar-refractivity contribution is -0.129. The molecular formula is C10H21N3OS. The minimum absolute atomic E-state index is 0.170. The van der Waals surface area contributed by atoms with Crippen LogP contribution in [0.3, 0.4) is 0 Å². The van der Waals surface area contributed by atoms with Gasteiger partial charge in [0.05, 0.1) is 0 Å². The van der Waals surface area contributed by atoms with E-state index in [9.17, 15) is 4.79 Å². The zero-order chi connectivity index (χ0) is 11.3. The smallest absolute Gasteiger partial charge is 0.223 e. The van der Waals surface area contributed by atoms with E-state index in [0.29, 0.717) is 13.0 Å². The third-order valence-electron chi connectivity index (χ3n) is 2.74. The van der Waals surface area contributed by atoms with Crippen LogP contribution >= 0.6 is 11.8 Å². The van der Waals surface area contributed by atoms with Crippen LogP contribution in [0.2, 0.25) is 0 Å². The van der Waals surface area contributed by atoms with Crippen molar-refractivity contribution < 1.29 is 4.79 Å². The normalized spacial score (nSPS) is 19.9. The number of hydrogen-bond donors (Lipinski definition) is 1. The van der Waals surface area contributed by atoms with Gasteiger partial charge in [-0.25, -0.2) is 0 Å². The Balaban J connectivity index is 2.43. The van der Waals surface area contributed by atoms with E-state index in [1.54, 1.807) is 19.0 Å². The third kappa shape index (κ3) is 4.01. The molecule has 1 saturated heterocycles. The van der Waals surface area contributed by atoms with Gasteiger partial charge in [-0.15, -0.1) is 0 Å². The van der Waals surface area contributed by atoms with Gasteiger partial charge in [0.2, 0.25) is 5.91 Å². The Labute approximate surface area is 96.2 Å². The van der Waals surface area contributed by atoms with Gasteiger partial charge in [0.25, 0.3) is 0 Å². The summed E-state index contributed by atoms with van der Waals surface area (Å²) in [5.74, 6) is 2.49. The first-order valence-electron chi connectivity index (χ1n) is 5.37. The van der Waals surface area contributed by atoms with Crippen LogP contribution in [0.5, 0.6) is 0 Å². The summed E-state index contributed by atoms with van der Waals surface area (Å²) in [5, 5.41) is 0. The maximum atomic E-state index is 11.6. The molecule has 1 atom stereocenters. The van der Waals surface area contributed by atoms with Crippen molar-refractivity contribution in [1.29, 1.82) is 0 Å². The Morgan fingerprint density at radius 3 is 2.53 bits per heavy atom. The van der Waals surface area contributed by atoms with Crippen molar-refractivity contribution in [2.45, 2.75) is 12.5 Å². The summed E-state index contributed by atoms with van der Waals surface area (Å²) in [4.78, 5) is 15.6. The minimum Gasteiger partial charge on any atom is -0.349 e. The summed E-state index contributed by atoms with van der Waals surface area (Å²) in [6, 6.07) is 0.223. The lowest BCUT2D eigenvalue weighted by Gasteiger charge is -2.33. The molecule has 1 amide bonds. The predicted octanol–water partition coefficient (Wildman–Crippen LogP) is -0.159. The largest absolute Gasteiger partial charge is 0.349 e. The molecule has 0 spiro atoms. The fourth-order valence-electron chi connectivity index (χ4n) is 1.69. The highest BCUT2D eigenvalue weighted by atomic mass is 32.2. The molecule has 2 N–H and O–H groups in total. The van der Waals surface area contributed by atoms with Crippen LogP contribution in [0.15, 0.2) is 0 Å². The predicted molar refractivity (Wildman–Crippen MR) is 65.1 cm³/mol. The average Bonchev–Trinajstić information content (AvgIpc) is 2.26. The van der Waals surface area contributed by atoms with E-state index in [1.165, 1.54) is 0 Å². The molecule has 0 bridgehead atoms. The highest BCUT2D eigenvalue weighted by Gasteiger charge is 2.22. The number of carbonyl (C=O) groups is 1. The topological polar surface area (TPSA) is 49.6 Å².